The predicted octanol–water partition coefficient (Wildman–Crippen LogP) is 1.91. The van der Waals surface area contributed by atoms with Crippen LogP contribution >= 0.6 is 0 Å². The summed E-state index contributed by atoms with van der Waals surface area (Å²) in [6, 6.07) is 8.37. The van der Waals surface area contributed by atoms with Gasteiger partial charge in [0.05, 0.1) is 11.6 Å². The van der Waals surface area contributed by atoms with E-state index in [1.807, 2.05) is 0 Å². The Kier molecular flexibility index (Phi) is 3.17. The maximum atomic E-state index is 5.90. The lowest BCUT2D eigenvalue weighted by molar-refractivity contribution is 0.103. The van der Waals surface area contributed by atoms with Gasteiger partial charge in [-0.3, -0.25) is 0 Å². The van der Waals surface area contributed by atoms with Gasteiger partial charge in [-0.1, -0.05) is 12.1 Å². The number of aryl methyl sites for hydroxylation is 1. The van der Waals surface area contributed by atoms with Crippen molar-refractivity contribution in [1.29, 1.82) is 0 Å². The van der Waals surface area contributed by atoms with Gasteiger partial charge in [0.1, 0.15) is 0 Å². The molecule has 3 heteroatoms. The molecule has 16 heavy (non-hydrogen) atoms. The van der Waals surface area contributed by atoms with Gasteiger partial charge < -0.3 is 15.8 Å². The number of rotatable bonds is 3. The van der Waals surface area contributed by atoms with Crippen LogP contribution in [0.1, 0.15) is 18.9 Å². The summed E-state index contributed by atoms with van der Waals surface area (Å²) in [6.45, 7) is 5.57. The van der Waals surface area contributed by atoms with Gasteiger partial charge in [0, 0.05) is 18.8 Å². The van der Waals surface area contributed by atoms with Crippen LogP contribution in [0.4, 0.5) is 5.69 Å². The topological polar surface area (TPSA) is 47.3 Å². The van der Waals surface area contributed by atoms with E-state index in [0.717, 1.165) is 18.7 Å². The van der Waals surface area contributed by atoms with Crippen molar-refractivity contribution in [2.75, 3.05) is 18.5 Å². The molecule has 2 rings (SSSR count). The third kappa shape index (κ3) is 2.06. The van der Waals surface area contributed by atoms with Gasteiger partial charge in [0.25, 0.3) is 0 Å². The Morgan fingerprint density at radius 1 is 1.56 bits per heavy atom. The molecular weight excluding hydrogens is 200 g/mol. The quantitative estimate of drug-likeness (QED) is 0.818. The highest BCUT2D eigenvalue weighted by atomic mass is 16.5. The van der Waals surface area contributed by atoms with Crippen molar-refractivity contribution in [2.45, 2.75) is 31.9 Å². The summed E-state index contributed by atoms with van der Waals surface area (Å²) in [5.41, 5.74) is 8.18. The minimum Gasteiger partial charge on any atom is -0.376 e. The zero-order valence-electron chi connectivity index (χ0n) is 9.99. The second kappa shape index (κ2) is 4.44. The van der Waals surface area contributed by atoms with Gasteiger partial charge in [-0.15, -0.1) is 0 Å². The Labute approximate surface area is 97.0 Å². The van der Waals surface area contributed by atoms with Crippen molar-refractivity contribution in [2.24, 2.45) is 5.73 Å². The number of nitrogens with two attached hydrogens (primary N) is 1. The Hall–Kier alpha value is -1.06. The van der Waals surface area contributed by atoms with Crippen molar-refractivity contribution < 1.29 is 4.74 Å². The van der Waals surface area contributed by atoms with E-state index in [9.17, 15) is 0 Å². The molecule has 0 bridgehead atoms. The zero-order chi connectivity index (χ0) is 11.6. The zero-order valence-corrected chi connectivity index (χ0v) is 9.99. The second-order valence-corrected chi connectivity index (χ2v) is 4.62. The molecule has 3 nitrogen and oxygen atoms in total. The van der Waals surface area contributed by atoms with Crippen LogP contribution in [0.5, 0.6) is 0 Å². The fraction of sp³-hybridized carbons (Fsp3) is 0.538. The predicted molar refractivity (Wildman–Crippen MR) is 66.6 cm³/mol. The number of ether oxygens (including phenoxy) is 1. The van der Waals surface area contributed by atoms with Crippen LogP contribution in [0, 0.1) is 6.92 Å². The number of anilines is 1. The highest BCUT2D eigenvalue weighted by Crippen LogP contribution is 2.29. The number of hydrogen-bond donors (Lipinski definition) is 2. The molecule has 0 saturated carbocycles. The highest BCUT2D eigenvalue weighted by Gasteiger charge is 2.40. The van der Waals surface area contributed by atoms with E-state index in [1.165, 1.54) is 5.56 Å². The van der Waals surface area contributed by atoms with Crippen LogP contribution < -0.4 is 11.1 Å². The van der Waals surface area contributed by atoms with Gasteiger partial charge in [-0.05, 0) is 38.0 Å². The summed E-state index contributed by atoms with van der Waals surface area (Å²) in [5.74, 6) is 0. The monoisotopic (exact) mass is 220 g/mol. The molecule has 1 aliphatic heterocycles. The van der Waals surface area contributed by atoms with E-state index in [1.54, 1.807) is 0 Å². The molecular formula is C13H20N2O. The molecule has 1 fully saturated rings. The van der Waals surface area contributed by atoms with Crippen molar-refractivity contribution in [3.63, 3.8) is 0 Å². The van der Waals surface area contributed by atoms with E-state index >= 15 is 0 Å². The molecule has 0 aliphatic carbocycles. The smallest absolute Gasteiger partial charge is 0.0789 e. The average molecular weight is 220 g/mol. The molecule has 1 aromatic carbocycles. The van der Waals surface area contributed by atoms with E-state index in [0.29, 0.717) is 6.54 Å². The van der Waals surface area contributed by atoms with E-state index < -0.39 is 0 Å². The van der Waals surface area contributed by atoms with Crippen LogP contribution in [0.25, 0.3) is 0 Å². The lowest BCUT2D eigenvalue weighted by Crippen LogP contribution is -2.50. The van der Waals surface area contributed by atoms with Gasteiger partial charge in [0.2, 0.25) is 0 Å². The standard InChI is InChI=1S/C13H20N2O/c1-10-4-3-5-12(8-10)15-13(9-14)6-7-16-11(13)2/h3-5,8,11,15H,6-7,9,14H2,1-2H3. The summed E-state index contributed by atoms with van der Waals surface area (Å²) >= 11 is 0. The Morgan fingerprint density at radius 3 is 2.94 bits per heavy atom. The van der Waals surface area contributed by atoms with Crippen LogP contribution in [0.2, 0.25) is 0 Å². The molecule has 1 aliphatic rings. The molecule has 1 aromatic rings. The van der Waals surface area contributed by atoms with Crippen LogP contribution in [-0.2, 0) is 4.74 Å². The van der Waals surface area contributed by atoms with Gasteiger partial charge >= 0.3 is 0 Å². The number of hydrogen-bond acceptors (Lipinski definition) is 3. The molecule has 2 unspecified atom stereocenters. The van der Waals surface area contributed by atoms with Gasteiger partial charge in [-0.25, -0.2) is 0 Å². The molecule has 1 saturated heterocycles. The molecule has 0 radical (unpaired) electrons. The minimum atomic E-state index is -0.103. The maximum Gasteiger partial charge on any atom is 0.0789 e. The lowest BCUT2D eigenvalue weighted by Gasteiger charge is -2.33. The van der Waals surface area contributed by atoms with E-state index in [-0.39, 0.29) is 11.6 Å². The molecule has 2 atom stereocenters. The first-order chi connectivity index (χ1) is 7.66. The van der Waals surface area contributed by atoms with Crippen molar-refractivity contribution >= 4 is 5.69 Å². The van der Waals surface area contributed by atoms with Crippen LogP contribution in [0.3, 0.4) is 0 Å². The third-order valence-corrected chi connectivity index (χ3v) is 3.47. The second-order valence-electron chi connectivity index (χ2n) is 4.62. The molecule has 0 spiro atoms. The van der Waals surface area contributed by atoms with Crippen molar-refractivity contribution in [3.05, 3.63) is 29.8 Å². The Bertz CT molecular complexity index is 367. The first-order valence-corrected chi connectivity index (χ1v) is 5.83. The fourth-order valence-corrected chi connectivity index (χ4v) is 2.27. The SMILES string of the molecule is Cc1cccc(NC2(CN)CCOC2C)c1. The first-order valence-electron chi connectivity index (χ1n) is 5.83. The lowest BCUT2D eigenvalue weighted by atomic mass is 9.91. The van der Waals surface area contributed by atoms with E-state index in [4.69, 9.17) is 10.5 Å². The molecule has 1 heterocycles. The number of benzene rings is 1. The largest absolute Gasteiger partial charge is 0.376 e. The van der Waals surface area contributed by atoms with Crippen LogP contribution in [-0.4, -0.2) is 24.8 Å². The van der Waals surface area contributed by atoms with E-state index in [2.05, 4.69) is 43.4 Å². The normalized spacial score (nSPS) is 29.3. The maximum absolute atomic E-state index is 5.90. The summed E-state index contributed by atoms with van der Waals surface area (Å²) in [4.78, 5) is 0. The average Bonchev–Trinajstić information content (AvgIpc) is 2.61. The van der Waals surface area contributed by atoms with Crippen molar-refractivity contribution in [3.8, 4) is 0 Å². The Balaban J connectivity index is 2.18. The summed E-state index contributed by atoms with van der Waals surface area (Å²) in [7, 11) is 0. The summed E-state index contributed by atoms with van der Waals surface area (Å²) in [5, 5.41) is 3.54. The third-order valence-electron chi connectivity index (χ3n) is 3.47. The summed E-state index contributed by atoms with van der Waals surface area (Å²) < 4.78 is 5.62. The highest BCUT2D eigenvalue weighted by molar-refractivity contribution is 5.48. The minimum absolute atomic E-state index is 0.103. The molecule has 88 valence electrons. The number of nitrogens with one attached hydrogen (secondary N) is 1. The van der Waals surface area contributed by atoms with Gasteiger partial charge in [0.15, 0.2) is 0 Å². The summed E-state index contributed by atoms with van der Waals surface area (Å²) in [6.07, 6.45) is 1.14. The first kappa shape index (κ1) is 11.4. The molecule has 0 amide bonds. The molecule has 0 aromatic heterocycles. The fourth-order valence-electron chi connectivity index (χ4n) is 2.27. The molecule has 3 N–H and O–H groups in total. The van der Waals surface area contributed by atoms with Crippen LogP contribution in [0.15, 0.2) is 24.3 Å². The van der Waals surface area contributed by atoms with Gasteiger partial charge in [-0.2, -0.15) is 0 Å². The Morgan fingerprint density at radius 2 is 2.38 bits per heavy atom. The van der Waals surface area contributed by atoms with Crippen molar-refractivity contribution in [1.82, 2.24) is 0 Å².